The molecule has 0 bridgehead atoms. The number of rotatable bonds is 8. The first-order chi connectivity index (χ1) is 17.5. The molecule has 0 fully saturated rings. The van der Waals surface area contributed by atoms with Gasteiger partial charge in [0.25, 0.3) is 11.5 Å². The summed E-state index contributed by atoms with van der Waals surface area (Å²) >= 11 is 0. The van der Waals surface area contributed by atoms with E-state index in [4.69, 9.17) is 9.72 Å². The highest BCUT2D eigenvalue weighted by atomic mass is 16.5. The number of amides is 1. The van der Waals surface area contributed by atoms with Crippen LogP contribution in [0.15, 0.2) is 70.6 Å². The van der Waals surface area contributed by atoms with Crippen molar-refractivity contribution in [3.63, 3.8) is 0 Å². The Morgan fingerprint density at radius 2 is 1.81 bits per heavy atom. The minimum absolute atomic E-state index is 0.0755. The fraction of sp³-hybridized carbons (Fsp3) is 0.321. The van der Waals surface area contributed by atoms with E-state index < -0.39 is 11.9 Å². The summed E-state index contributed by atoms with van der Waals surface area (Å²) in [5, 5.41) is 0.263. The van der Waals surface area contributed by atoms with Gasteiger partial charge in [-0.15, -0.1) is 0 Å². The van der Waals surface area contributed by atoms with E-state index in [9.17, 15) is 14.4 Å². The average Bonchev–Trinajstić information content (AvgIpc) is 2.89. The maximum Gasteiger partial charge on any atom is 0.341 e. The van der Waals surface area contributed by atoms with Crippen LogP contribution in [-0.2, 0) is 16.1 Å². The number of pyridine rings is 2. The van der Waals surface area contributed by atoms with E-state index in [0.717, 1.165) is 18.4 Å². The van der Waals surface area contributed by atoms with E-state index in [1.54, 1.807) is 35.9 Å². The van der Waals surface area contributed by atoms with Gasteiger partial charge < -0.3 is 9.30 Å². The van der Waals surface area contributed by atoms with Crippen LogP contribution in [-0.4, -0.2) is 32.4 Å². The van der Waals surface area contributed by atoms with Crippen LogP contribution in [0.2, 0.25) is 0 Å². The maximum atomic E-state index is 13.5. The largest absolute Gasteiger partial charge is 0.462 e. The fourth-order valence-corrected chi connectivity index (χ4v) is 4.31. The molecule has 0 N–H and O–H groups in total. The van der Waals surface area contributed by atoms with Crippen molar-refractivity contribution < 1.29 is 14.3 Å². The molecule has 0 aliphatic carbocycles. The molecule has 36 heavy (non-hydrogen) atoms. The average molecular weight is 487 g/mol. The summed E-state index contributed by atoms with van der Waals surface area (Å²) in [5.74, 6) is -1.47. The lowest BCUT2D eigenvalue weighted by molar-refractivity contribution is -0.119. The highest BCUT2D eigenvalue weighted by molar-refractivity contribution is 5.94. The third kappa shape index (κ3) is 4.84. The molecule has 0 saturated heterocycles. The zero-order valence-electron chi connectivity index (χ0n) is 20.8. The van der Waals surface area contributed by atoms with Gasteiger partial charge in [-0.3, -0.25) is 14.0 Å². The Morgan fingerprint density at radius 1 is 1.06 bits per heavy atom. The number of unbranched alkanes of at least 4 members (excludes halogenated alkanes) is 1. The number of carbonyl (C=O) groups is 2. The van der Waals surface area contributed by atoms with Crippen molar-refractivity contribution in [3.8, 4) is 0 Å². The fourth-order valence-electron chi connectivity index (χ4n) is 4.31. The van der Waals surface area contributed by atoms with Gasteiger partial charge in [-0.05, 0) is 43.5 Å². The van der Waals surface area contributed by atoms with Crippen LogP contribution in [0.3, 0.4) is 0 Å². The minimum Gasteiger partial charge on any atom is -0.462 e. The maximum absolute atomic E-state index is 13.5. The molecule has 3 aromatic heterocycles. The van der Waals surface area contributed by atoms with Gasteiger partial charge >= 0.3 is 5.97 Å². The van der Waals surface area contributed by atoms with Crippen LogP contribution in [0.4, 0.5) is 0 Å². The Morgan fingerprint density at radius 3 is 2.50 bits per heavy atom. The number of aryl methyl sites for hydroxylation is 1. The molecule has 1 aromatic carbocycles. The lowest BCUT2D eigenvalue weighted by atomic mass is 9.96. The van der Waals surface area contributed by atoms with E-state index in [1.807, 2.05) is 44.2 Å². The monoisotopic (exact) mass is 486 g/mol. The zero-order chi connectivity index (χ0) is 25.7. The Bertz CT molecular complexity index is 1540. The second-order valence-corrected chi connectivity index (χ2v) is 8.51. The molecule has 0 aliphatic rings. The molecule has 0 radical (unpaired) electrons. The third-order valence-corrected chi connectivity index (χ3v) is 6.14. The molecule has 1 unspecified atom stereocenters. The first-order valence-electron chi connectivity index (χ1n) is 12.4. The first kappa shape index (κ1) is 25.0. The van der Waals surface area contributed by atoms with Crippen molar-refractivity contribution >= 4 is 28.6 Å². The van der Waals surface area contributed by atoms with Crippen LogP contribution in [0.1, 0.15) is 61.9 Å². The van der Waals surface area contributed by atoms with E-state index in [2.05, 4.69) is 4.99 Å². The summed E-state index contributed by atoms with van der Waals surface area (Å²) in [7, 11) is 0. The number of hydrogen-bond donors (Lipinski definition) is 0. The summed E-state index contributed by atoms with van der Waals surface area (Å²) in [6.45, 7) is 6.26. The molecule has 0 spiro atoms. The first-order valence-corrected chi connectivity index (χ1v) is 12.4. The van der Waals surface area contributed by atoms with Crippen LogP contribution < -0.4 is 11.0 Å². The Hall–Kier alpha value is -4.07. The molecule has 0 aliphatic heterocycles. The SMILES string of the molecule is CCCCn1c(=NC(=O)C(CC)c2ccccc2)c(C(=O)OCC)cc2c(=O)n3ccccc3nc21. The van der Waals surface area contributed by atoms with Crippen molar-refractivity contribution in [1.29, 1.82) is 0 Å². The van der Waals surface area contributed by atoms with Gasteiger partial charge in [-0.1, -0.05) is 56.7 Å². The summed E-state index contributed by atoms with van der Waals surface area (Å²) in [4.78, 5) is 49.2. The number of fused-ring (bicyclic) bond motifs is 2. The standard InChI is InChI=1S/C28H30N4O4/c1-4-7-16-32-24-21(27(34)31-17-12-11-15-23(31)29-24)18-22(28(35)36-6-3)25(32)30-26(33)20(5-2)19-13-9-8-10-14-19/h8-15,17-18,20H,4-7,16H2,1-3H3. The lowest BCUT2D eigenvalue weighted by Gasteiger charge is -2.16. The molecule has 1 amide bonds. The zero-order valence-corrected chi connectivity index (χ0v) is 20.8. The van der Waals surface area contributed by atoms with Crippen LogP contribution >= 0.6 is 0 Å². The Kier molecular flexibility index (Phi) is 7.73. The summed E-state index contributed by atoms with van der Waals surface area (Å²) < 4.78 is 8.46. The molecule has 3 heterocycles. The molecule has 0 saturated carbocycles. The van der Waals surface area contributed by atoms with Gasteiger partial charge in [0.15, 0.2) is 5.49 Å². The summed E-state index contributed by atoms with van der Waals surface area (Å²) in [6, 6.07) is 16.2. The lowest BCUT2D eigenvalue weighted by Crippen LogP contribution is -2.33. The highest BCUT2D eigenvalue weighted by Gasteiger charge is 2.22. The number of ether oxygens (including phenoxy) is 1. The molecular formula is C28H30N4O4. The third-order valence-electron chi connectivity index (χ3n) is 6.14. The van der Waals surface area contributed by atoms with Crippen molar-refractivity contribution in [2.24, 2.45) is 4.99 Å². The Balaban J connectivity index is 2.07. The molecule has 8 nitrogen and oxygen atoms in total. The van der Waals surface area contributed by atoms with E-state index in [1.165, 1.54) is 10.5 Å². The molecule has 8 heteroatoms. The second-order valence-electron chi connectivity index (χ2n) is 8.51. The van der Waals surface area contributed by atoms with Gasteiger partial charge in [0.2, 0.25) is 0 Å². The topological polar surface area (TPSA) is 95.0 Å². The van der Waals surface area contributed by atoms with Gasteiger partial charge in [0.05, 0.1) is 17.9 Å². The highest BCUT2D eigenvalue weighted by Crippen LogP contribution is 2.21. The van der Waals surface area contributed by atoms with Gasteiger partial charge in [0.1, 0.15) is 16.9 Å². The van der Waals surface area contributed by atoms with E-state index >= 15 is 0 Å². The van der Waals surface area contributed by atoms with Crippen molar-refractivity contribution in [2.75, 3.05) is 6.61 Å². The van der Waals surface area contributed by atoms with E-state index in [0.29, 0.717) is 24.3 Å². The van der Waals surface area contributed by atoms with Crippen molar-refractivity contribution in [1.82, 2.24) is 14.0 Å². The van der Waals surface area contributed by atoms with E-state index in [-0.39, 0.29) is 34.5 Å². The quantitative estimate of drug-likeness (QED) is 0.274. The molecule has 4 aromatic rings. The summed E-state index contributed by atoms with van der Waals surface area (Å²) in [6.07, 6.45) is 3.79. The molecule has 1 atom stereocenters. The number of nitrogens with zero attached hydrogens (tertiary/aromatic N) is 4. The minimum atomic E-state index is -0.637. The van der Waals surface area contributed by atoms with Crippen LogP contribution in [0, 0.1) is 0 Å². The van der Waals surface area contributed by atoms with Gasteiger partial charge in [0, 0.05) is 12.7 Å². The van der Waals surface area contributed by atoms with Gasteiger partial charge in [-0.25, -0.2) is 9.78 Å². The molecular weight excluding hydrogens is 456 g/mol. The second kappa shape index (κ2) is 11.1. The Labute approximate surface area is 208 Å². The van der Waals surface area contributed by atoms with Crippen molar-refractivity contribution in [3.05, 3.63) is 87.8 Å². The number of carbonyl (C=O) groups excluding carboxylic acids is 2. The normalized spacial score (nSPS) is 12.7. The number of aromatic nitrogens is 3. The number of esters is 1. The van der Waals surface area contributed by atoms with Crippen LogP contribution in [0.25, 0.3) is 16.7 Å². The molecule has 186 valence electrons. The number of benzene rings is 1. The predicted molar refractivity (Wildman–Crippen MR) is 138 cm³/mol. The van der Waals surface area contributed by atoms with Crippen molar-refractivity contribution in [2.45, 2.75) is 52.5 Å². The van der Waals surface area contributed by atoms with Crippen LogP contribution in [0.5, 0.6) is 0 Å². The predicted octanol–water partition coefficient (Wildman–Crippen LogP) is 4.25. The smallest absolute Gasteiger partial charge is 0.341 e. The number of hydrogen-bond acceptors (Lipinski definition) is 5. The molecule has 4 rings (SSSR count). The summed E-state index contributed by atoms with van der Waals surface area (Å²) in [5.41, 5.74) is 1.64. The van der Waals surface area contributed by atoms with Gasteiger partial charge in [-0.2, -0.15) is 4.99 Å².